The molecule has 0 aliphatic carbocycles. The van der Waals surface area contributed by atoms with Gasteiger partial charge in [0.1, 0.15) is 5.82 Å². The fourth-order valence-electron chi connectivity index (χ4n) is 1.40. The molecule has 0 aliphatic rings. The summed E-state index contributed by atoms with van der Waals surface area (Å²) in [5, 5.41) is 12.5. The third-order valence-electron chi connectivity index (χ3n) is 2.31. The lowest BCUT2D eigenvalue weighted by atomic mass is 10.2. The lowest BCUT2D eigenvalue weighted by Gasteiger charge is -2.07. The highest BCUT2D eigenvalue weighted by Gasteiger charge is 2.01. The van der Waals surface area contributed by atoms with Gasteiger partial charge in [-0.05, 0) is 30.7 Å². The van der Waals surface area contributed by atoms with Crippen LogP contribution < -0.4 is 5.32 Å². The van der Waals surface area contributed by atoms with Crippen molar-refractivity contribution in [1.29, 1.82) is 0 Å². The molecule has 1 heterocycles. The maximum atomic E-state index is 9.34. The number of para-hydroxylation sites is 1. The maximum absolute atomic E-state index is 9.34. The van der Waals surface area contributed by atoms with E-state index in [1.807, 2.05) is 42.5 Å². The number of pyridine rings is 1. The molecule has 3 heteroatoms. The molecule has 0 saturated heterocycles. The predicted octanol–water partition coefficient (Wildman–Crippen LogP) is 2.88. The molecule has 0 aliphatic heterocycles. The zero-order chi connectivity index (χ0) is 11.4. The number of nitrogens with one attached hydrogen (secondary N) is 1. The Hall–Kier alpha value is -1.87. The van der Waals surface area contributed by atoms with Crippen LogP contribution in [0.1, 0.15) is 18.6 Å². The van der Waals surface area contributed by atoms with Crippen molar-refractivity contribution in [3.63, 3.8) is 0 Å². The molecule has 3 nitrogen and oxygen atoms in total. The average molecular weight is 214 g/mol. The van der Waals surface area contributed by atoms with Crippen LogP contribution in [0.5, 0.6) is 0 Å². The smallest absolute Gasteiger partial charge is 0.130 e. The summed E-state index contributed by atoms with van der Waals surface area (Å²) >= 11 is 0. The quantitative estimate of drug-likeness (QED) is 0.825. The number of benzene rings is 1. The lowest BCUT2D eigenvalue weighted by molar-refractivity contribution is 0.199. The van der Waals surface area contributed by atoms with Gasteiger partial charge in [-0.25, -0.2) is 4.98 Å². The average Bonchev–Trinajstić information content (AvgIpc) is 2.31. The first-order valence-corrected chi connectivity index (χ1v) is 5.22. The fraction of sp³-hybridized carbons (Fsp3) is 0.154. The topological polar surface area (TPSA) is 45.1 Å². The molecule has 1 unspecified atom stereocenters. The van der Waals surface area contributed by atoms with E-state index in [1.165, 1.54) is 0 Å². The van der Waals surface area contributed by atoms with Crippen molar-refractivity contribution >= 4 is 11.5 Å². The molecular weight excluding hydrogens is 200 g/mol. The number of hydrogen-bond donors (Lipinski definition) is 2. The molecule has 16 heavy (non-hydrogen) atoms. The third-order valence-corrected chi connectivity index (χ3v) is 2.31. The van der Waals surface area contributed by atoms with Gasteiger partial charge in [-0.2, -0.15) is 0 Å². The van der Waals surface area contributed by atoms with Gasteiger partial charge in [0.15, 0.2) is 0 Å². The van der Waals surface area contributed by atoms with Crippen molar-refractivity contribution in [3.05, 3.63) is 54.2 Å². The van der Waals surface area contributed by atoms with Gasteiger partial charge in [-0.1, -0.05) is 24.3 Å². The van der Waals surface area contributed by atoms with Gasteiger partial charge in [0.25, 0.3) is 0 Å². The Morgan fingerprint density at radius 1 is 1.12 bits per heavy atom. The second kappa shape index (κ2) is 4.77. The minimum absolute atomic E-state index is 0.474. The first-order valence-electron chi connectivity index (χ1n) is 5.22. The zero-order valence-electron chi connectivity index (χ0n) is 9.09. The van der Waals surface area contributed by atoms with E-state index in [4.69, 9.17) is 0 Å². The van der Waals surface area contributed by atoms with Crippen molar-refractivity contribution in [1.82, 2.24) is 4.98 Å². The van der Waals surface area contributed by atoms with Crippen LogP contribution in [0.3, 0.4) is 0 Å². The van der Waals surface area contributed by atoms with Crippen LogP contribution in [0, 0.1) is 0 Å². The van der Waals surface area contributed by atoms with Gasteiger partial charge >= 0.3 is 0 Å². The van der Waals surface area contributed by atoms with Gasteiger partial charge in [-0.3, -0.25) is 0 Å². The Morgan fingerprint density at radius 3 is 2.44 bits per heavy atom. The maximum Gasteiger partial charge on any atom is 0.130 e. The first-order chi connectivity index (χ1) is 7.75. The van der Waals surface area contributed by atoms with Gasteiger partial charge < -0.3 is 10.4 Å². The Bertz CT molecular complexity index is 437. The summed E-state index contributed by atoms with van der Waals surface area (Å²) < 4.78 is 0. The van der Waals surface area contributed by atoms with Gasteiger partial charge in [0, 0.05) is 11.9 Å². The molecule has 1 atom stereocenters. The summed E-state index contributed by atoms with van der Waals surface area (Å²) in [5.74, 6) is 0.774. The highest BCUT2D eigenvalue weighted by Crippen LogP contribution is 2.16. The first kappa shape index (κ1) is 10.6. The summed E-state index contributed by atoms with van der Waals surface area (Å²) in [5.41, 5.74) is 1.82. The number of anilines is 2. The van der Waals surface area contributed by atoms with Crippen LogP contribution in [0.4, 0.5) is 11.5 Å². The molecule has 2 rings (SSSR count). The van der Waals surface area contributed by atoms with Gasteiger partial charge in [0.05, 0.1) is 6.10 Å². The summed E-state index contributed by atoms with van der Waals surface area (Å²) in [6, 6.07) is 13.6. The number of aromatic nitrogens is 1. The van der Waals surface area contributed by atoms with Crippen LogP contribution in [0.25, 0.3) is 0 Å². The number of nitrogens with zero attached hydrogens (tertiary/aromatic N) is 1. The van der Waals surface area contributed by atoms with Crippen LogP contribution in [0.15, 0.2) is 48.7 Å². The molecule has 0 amide bonds. The van der Waals surface area contributed by atoms with E-state index in [0.717, 1.165) is 17.1 Å². The number of rotatable bonds is 3. The summed E-state index contributed by atoms with van der Waals surface area (Å²) in [7, 11) is 0. The Morgan fingerprint density at radius 2 is 1.88 bits per heavy atom. The van der Waals surface area contributed by atoms with Crippen LogP contribution in [0.2, 0.25) is 0 Å². The van der Waals surface area contributed by atoms with Crippen molar-refractivity contribution < 1.29 is 5.11 Å². The molecule has 2 N–H and O–H groups in total. The Balaban J connectivity index is 2.11. The third kappa shape index (κ3) is 2.58. The predicted molar refractivity (Wildman–Crippen MR) is 64.6 cm³/mol. The molecule has 0 fully saturated rings. The summed E-state index contributed by atoms with van der Waals surface area (Å²) in [6.45, 7) is 1.72. The largest absolute Gasteiger partial charge is 0.389 e. The lowest BCUT2D eigenvalue weighted by Crippen LogP contribution is -1.96. The summed E-state index contributed by atoms with van der Waals surface area (Å²) in [6.07, 6.45) is 1.20. The zero-order valence-corrected chi connectivity index (χ0v) is 9.09. The standard InChI is InChI=1S/C13H14N2O/c1-10(16)11-7-8-13(14-9-11)15-12-5-3-2-4-6-12/h2-10,16H,1H3,(H,14,15). The van der Waals surface area contributed by atoms with Crippen molar-refractivity contribution in [3.8, 4) is 0 Å². The van der Waals surface area contributed by atoms with Crippen LogP contribution in [-0.2, 0) is 0 Å². The number of aliphatic hydroxyl groups is 1. The van der Waals surface area contributed by atoms with E-state index in [-0.39, 0.29) is 0 Å². The molecule has 1 aromatic carbocycles. The van der Waals surface area contributed by atoms with Crippen molar-refractivity contribution in [2.75, 3.05) is 5.32 Å². The minimum atomic E-state index is -0.474. The van der Waals surface area contributed by atoms with E-state index >= 15 is 0 Å². The molecule has 0 spiro atoms. The van der Waals surface area contributed by atoms with Crippen LogP contribution >= 0.6 is 0 Å². The minimum Gasteiger partial charge on any atom is -0.389 e. The number of hydrogen-bond acceptors (Lipinski definition) is 3. The molecule has 2 aromatic rings. The molecule has 0 saturated carbocycles. The molecule has 82 valence electrons. The Kier molecular flexibility index (Phi) is 3.17. The van der Waals surface area contributed by atoms with Crippen molar-refractivity contribution in [2.24, 2.45) is 0 Å². The van der Waals surface area contributed by atoms with E-state index in [0.29, 0.717) is 0 Å². The second-order valence-corrected chi connectivity index (χ2v) is 3.64. The number of aliphatic hydroxyl groups excluding tert-OH is 1. The van der Waals surface area contributed by atoms with E-state index < -0.39 is 6.10 Å². The highest BCUT2D eigenvalue weighted by atomic mass is 16.3. The highest BCUT2D eigenvalue weighted by molar-refractivity contribution is 5.55. The van der Waals surface area contributed by atoms with Crippen LogP contribution in [-0.4, -0.2) is 10.1 Å². The van der Waals surface area contributed by atoms with Gasteiger partial charge in [-0.15, -0.1) is 0 Å². The van der Waals surface area contributed by atoms with E-state index in [9.17, 15) is 5.11 Å². The summed E-state index contributed by atoms with van der Waals surface area (Å²) in [4.78, 5) is 4.22. The second-order valence-electron chi connectivity index (χ2n) is 3.64. The van der Waals surface area contributed by atoms with E-state index in [1.54, 1.807) is 13.1 Å². The molecule has 0 radical (unpaired) electrons. The fourth-order valence-corrected chi connectivity index (χ4v) is 1.40. The van der Waals surface area contributed by atoms with E-state index in [2.05, 4.69) is 10.3 Å². The molecular formula is C13H14N2O. The van der Waals surface area contributed by atoms with Gasteiger partial charge in [0.2, 0.25) is 0 Å². The van der Waals surface area contributed by atoms with Crippen molar-refractivity contribution in [2.45, 2.75) is 13.0 Å². The molecule has 1 aromatic heterocycles. The monoisotopic (exact) mass is 214 g/mol. The normalized spacial score (nSPS) is 12.1. The molecule has 0 bridgehead atoms. The Labute approximate surface area is 94.8 Å². The SMILES string of the molecule is CC(O)c1ccc(Nc2ccccc2)nc1.